The molecule has 13 heavy (non-hydrogen) atoms. The van der Waals surface area contributed by atoms with E-state index in [9.17, 15) is 9.59 Å². The van der Waals surface area contributed by atoms with Crippen LogP contribution in [0.15, 0.2) is 0 Å². The monoisotopic (exact) mass is 204 g/mol. The van der Waals surface area contributed by atoms with Gasteiger partial charge in [0.2, 0.25) is 11.8 Å². The summed E-state index contributed by atoms with van der Waals surface area (Å²) in [5.41, 5.74) is 4.44. The van der Waals surface area contributed by atoms with Crippen LogP contribution >= 0.6 is 12.6 Å². The van der Waals surface area contributed by atoms with Gasteiger partial charge in [0.25, 0.3) is 0 Å². The molecule has 0 aromatic carbocycles. The molecular weight excluding hydrogens is 188 g/mol. The van der Waals surface area contributed by atoms with Gasteiger partial charge in [0.15, 0.2) is 0 Å². The second kappa shape index (κ2) is 5.11. The number of rotatable bonds is 5. The summed E-state index contributed by atoms with van der Waals surface area (Å²) in [5.74, 6) is -0.0222. The second-order valence-electron chi connectivity index (χ2n) is 3.50. The Bertz CT molecular complexity index is 204. The number of thiol groups is 1. The molecule has 0 radical (unpaired) electrons. The summed E-state index contributed by atoms with van der Waals surface area (Å²) in [7, 11) is 0. The van der Waals surface area contributed by atoms with Gasteiger partial charge < -0.3 is 11.1 Å². The molecule has 0 saturated heterocycles. The van der Waals surface area contributed by atoms with Crippen LogP contribution in [-0.4, -0.2) is 24.1 Å². The average molecular weight is 204 g/mol. The molecule has 2 amide bonds. The molecule has 0 heterocycles. The summed E-state index contributed by atoms with van der Waals surface area (Å²) in [6.45, 7) is 3.65. The maximum absolute atomic E-state index is 11.0. The van der Waals surface area contributed by atoms with E-state index < -0.39 is 11.3 Å². The van der Waals surface area contributed by atoms with Gasteiger partial charge >= 0.3 is 0 Å². The Balaban J connectivity index is 3.88. The van der Waals surface area contributed by atoms with Crippen molar-refractivity contribution in [3.8, 4) is 0 Å². The quantitative estimate of drug-likeness (QED) is 0.549. The number of primary amides is 1. The second-order valence-corrected chi connectivity index (χ2v) is 3.95. The van der Waals surface area contributed by atoms with Gasteiger partial charge in [-0.2, -0.15) is 12.6 Å². The first kappa shape index (κ1) is 12.3. The van der Waals surface area contributed by atoms with Crippen LogP contribution in [0.2, 0.25) is 0 Å². The molecule has 0 aliphatic rings. The summed E-state index contributed by atoms with van der Waals surface area (Å²) < 4.78 is 0. The Morgan fingerprint density at radius 3 is 2.38 bits per heavy atom. The molecule has 0 aromatic heterocycles. The van der Waals surface area contributed by atoms with Crippen molar-refractivity contribution in [1.29, 1.82) is 0 Å². The maximum atomic E-state index is 11.0. The van der Waals surface area contributed by atoms with Crippen molar-refractivity contribution in [2.75, 3.05) is 12.3 Å². The van der Waals surface area contributed by atoms with Crippen molar-refractivity contribution in [2.45, 2.75) is 20.3 Å². The average Bonchev–Trinajstić information content (AvgIpc) is 2.01. The van der Waals surface area contributed by atoms with Gasteiger partial charge in [-0.05, 0) is 19.6 Å². The van der Waals surface area contributed by atoms with Crippen LogP contribution < -0.4 is 11.1 Å². The highest BCUT2D eigenvalue weighted by Crippen LogP contribution is 2.11. The SMILES string of the molecule is CC(C)(CNC(=O)CCS)C(N)=O. The minimum Gasteiger partial charge on any atom is -0.369 e. The van der Waals surface area contributed by atoms with Crippen LogP contribution in [0.1, 0.15) is 20.3 Å². The Morgan fingerprint density at radius 2 is 2.00 bits per heavy atom. The van der Waals surface area contributed by atoms with E-state index >= 15 is 0 Å². The molecule has 4 nitrogen and oxygen atoms in total. The van der Waals surface area contributed by atoms with Gasteiger partial charge in [-0.25, -0.2) is 0 Å². The van der Waals surface area contributed by atoms with Gasteiger partial charge in [0, 0.05) is 13.0 Å². The summed E-state index contributed by atoms with van der Waals surface area (Å²) in [6, 6.07) is 0. The highest BCUT2D eigenvalue weighted by atomic mass is 32.1. The van der Waals surface area contributed by atoms with Crippen molar-refractivity contribution in [1.82, 2.24) is 5.32 Å². The summed E-state index contributed by atoms with van der Waals surface area (Å²) in [5, 5.41) is 2.62. The standard InChI is InChI=1S/C8H16N2O2S/c1-8(2,7(9)12)5-10-6(11)3-4-13/h13H,3-5H2,1-2H3,(H2,9,12)(H,10,11). The predicted molar refractivity (Wildman–Crippen MR) is 54.5 cm³/mol. The number of carbonyl (C=O) groups excluding carboxylic acids is 2. The van der Waals surface area contributed by atoms with E-state index in [2.05, 4.69) is 17.9 Å². The molecule has 0 bridgehead atoms. The first-order chi connectivity index (χ1) is 5.90. The van der Waals surface area contributed by atoms with Crippen LogP contribution in [0.25, 0.3) is 0 Å². The van der Waals surface area contributed by atoms with Gasteiger partial charge in [-0.3, -0.25) is 9.59 Å². The lowest BCUT2D eigenvalue weighted by molar-refractivity contribution is -0.126. The smallest absolute Gasteiger partial charge is 0.224 e. The molecule has 5 heteroatoms. The fraction of sp³-hybridized carbons (Fsp3) is 0.750. The lowest BCUT2D eigenvalue weighted by Gasteiger charge is -2.20. The molecular formula is C8H16N2O2S. The fourth-order valence-corrected chi connectivity index (χ4v) is 0.800. The van der Waals surface area contributed by atoms with Gasteiger partial charge in [-0.15, -0.1) is 0 Å². The molecule has 0 aliphatic carbocycles. The van der Waals surface area contributed by atoms with Gasteiger partial charge in [0.1, 0.15) is 0 Å². The largest absolute Gasteiger partial charge is 0.369 e. The normalized spacial score (nSPS) is 11.0. The number of hydrogen-bond donors (Lipinski definition) is 3. The van der Waals surface area contributed by atoms with Crippen molar-refractivity contribution in [2.24, 2.45) is 11.1 Å². The number of carbonyl (C=O) groups is 2. The molecule has 0 unspecified atom stereocenters. The molecule has 3 N–H and O–H groups in total. The van der Waals surface area contributed by atoms with Crippen molar-refractivity contribution in [3.05, 3.63) is 0 Å². The maximum Gasteiger partial charge on any atom is 0.224 e. The summed E-state index contributed by atoms with van der Waals surface area (Å²) in [4.78, 5) is 21.8. The molecule has 0 aromatic rings. The third-order valence-electron chi connectivity index (χ3n) is 1.73. The van der Waals surface area contributed by atoms with Crippen LogP contribution in [0.3, 0.4) is 0 Å². The Kier molecular flexibility index (Phi) is 4.83. The van der Waals surface area contributed by atoms with E-state index in [0.29, 0.717) is 12.2 Å². The number of nitrogens with two attached hydrogens (primary N) is 1. The van der Waals surface area contributed by atoms with E-state index in [4.69, 9.17) is 5.73 Å². The van der Waals surface area contributed by atoms with E-state index in [0.717, 1.165) is 0 Å². The van der Waals surface area contributed by atoms with Crippen LogP contribution in [-0.2, 0) is 9.59 Å². The Hall–Kier alpha value is -0.710. The molecule has 0 saturated carbocycles. The van der Waals surface area contributed by atoms with Crippen LogP contribution in [0.4, 0.5) is 0 Å². The van der Waals surface area contributed by atoms with Crippen molar-refractivity contribution >= 4 is 24.4 Å². The van der Waals surface area contributed by atoms with Crippen LogP contribution in [0, 0.1) is 5.41 Å². The third kappa shape index (κ3) is 4.77. The van der Waals surface area contributed by atoms with E-state index in [1.165, 1.54) is 0 Å². The predicted octanol–water partition coefficient (Wildman–Crippen LogP) is -0.0660. The lowest BCUT2D eigenvalue weighted by atomic mass is 9.93. The van der Waals surface area contributed by atoms with E-state index in [-0.39, 0.29) is 12.5 Å². The highest BCUT2D eigenvalue weighted by molar-refractivity contribution is 7.80. The number of nitrogens with one attached hydrogen (secondary N) is 1. The fourth-order valence-electron chi connectivity index (χ4n) is 0.597. The minimum absolute atomic E-state index is 0.107. The van der Waals surface area contributed by atoms with Crippen molar-refractivity contribution in [3.63, 3.8) is 0 Å². The Labute approximate surface area is 83.7 Å². The molecule has 76 valence electrons. The minimum atomic E-state index is -0.688. The molecule has 0 rings (SSSR count). The highest BCUT2D eigenvalue weighted by Gasteiger charge is 2.25. The lowest BCUT2D eigenvalue weighted by Crippen LogP contribution is -2.42. The van der Waals surface area contributed by atoms with Gasteiger partial charge in [-0.1, -0.05) is 0 Å². The summed E-state index contributed by atoms with van der Waals surface area (Å²) >= 11 is 3.91. The topological polar surface area (TPSA) is 72.2 Å². The Morgan fingerprint density at radius 1 is 1.46 bits per heavy atom. The van der Waals surface area contributed by atoms with E-state index in [1.807, 2.05) is 0 Å². The third-order valence-corrected chi connectivity index (χ3v) is 1.96. The van der Waals surface area contributed by atoms with E-state index in [1.54, 1.807) is 13.8 Å². The van der Waals surface area contributed by atoms with Gasteiger partial charge in [0.05, 0.1) is 5.41 Å². The molecule has 0 spiro atoms. The zero-order chi connectivity index (χ0) is 10.5. The molecule has 0 aliphatic heterocycles. The summed E-state index contributed by atoms with van der Waals surface area (Å²) in [6.07, 6.45) is 0.359. The first-order valence-electron chi connectivity index (χ1n) is 4.07. The molecule has 0 fully saturated rings. The first-order valence-corrected chi connectivity index (χ1v) is 4.71. The zero-order valence-corrected chi connectivity index (χ0v) is 8.86. The zero-order valence-electron chi connectivity index (χ0n) is 7.96. The van der Waals surface area contributed by atoms with Crippen molar-refractivity contribution < 1.29 is 9.59 Å². The number of amides is 2. The molecule has 0 atom stereocenters. The number of hydrogen-bond acceptors (Lipinski definition) is 3. The van der Waals surface area contributed by atoms with Crippen LogP contribution in [0.5, 0.6) is 0 Å².